The largest absolute Gasteiger partial charge is 0.294 e. The summed E-state index contributed by atoms with van der Waals surface area (Å²) < 4.78 is 25.5. The van der Waals surface area contributed by atoms with Crippen LogP contribution in [0.5, 0.6) is 0 Å². The maximum absolute atomic E-state index is 12.9. The average molecular weight is 238 g/mol. The van der Waals surface area contributed by atoms with E-state index < -0.39 is 11.6 Å². The molecule has 0 aliphatic rings. The van der Waals surface area contributed by atoms with E-state index in [9.17, 15) is 13.6 Å². The third kappa shape index (κ3) is 2.33. The van der Waals surface area contributed by atoms with Crippen molar-refractivity contribution >= 4 is 17.1 Å². The summed E-state index contributed by atoms with van der Waals surface area (Å²) in [6, 6.07) is 5.04. The van der Waals surface area contributed by atoms with Gasteiger partial charge in [0.2, 0.25) is 0 Å². The molecule has 2 aromatic rings. The smallest absolute Gasteiger partial charge is 0.167 e. The van der Waals surface area contributed by atoms with Crippen molar-refractivity contribution in [3.8, 4) is 0 Å². The van der Waals surface area contributed by atoms with Gasteiger partial charge in [-0.05, 0) is 40.6 Å². The molecule has 1 heterocycles. The van der Waals surface area contributed by atoms with Crippen LogP contribution in [0.3, 0.4) is 0 Å². The molecule has 82 valence electrons. The molecule has 0 saturated heterocycles. The molecule has 0 aliphatic carbocycles. The van der Waals surface area contributed by atoms with Gasteiger partial charge in [0.15, 0.2) is 17.4 Å². The lowest BCUT2D eigenvalue weighted by molar-refractivity contribution is 0.0992. The summed E-state index contributed by atoms with van der Waals surface area (Å²) in [5, 5.41) is 3.73. The van der Waals surface area contributed by atoms with Crippen molar-refractivity contribution in [1.82, 2.24) is 0 Å². The van der Waals surface area contributed by atoms with Crippen LogP contribution in [0.4, 0.5) is 8.78 Å². The topological polar surface area (TPSA) is 17.1 Å². The second-order valence-corrected chi connectivity index (χ2v) is 4.14. The Kier molecular flexibility index (Phi) is 3.10. The van der Waals surface area contributed by atoms with E-state index in [-0.39, 0.29) is 17.8 Å². The molecule has 0 radical (unpaired) electrons. The first-order valence-electron chi connectivity index (χ1n) is 4.66. The summed E-state index contributed by atoms with van der Waals surface area (Å²) in [6.45, 7) is 0. The van der Waals surface area contributed by atoms with Crippen molar-refractivity contribution < 1.29 is 13.6 Å². The lowest BCUT2D eigenvalue weighted by Crippen LogP contribution is -2.03. The highest BCUT2D eigenvalue weighted by Gasteiger charge is 2.10. The van der Waals surface area contributed by atoms with Gasteiger partial charge in [-0.2, -0.15) is 11.3 Å². The molecule has 0 fully saturated rings. The van der Waals surface area contributed by atoms with Crippen molar-refractivity contribution in [3.63, 3.8) is 0 Å². The highest BCUT2D eigenvalue weighted by Crippen LogP contribution is 2.13. The molecule has 0 unspecified atom stereocenters. The molecule has 0 N–H and O–H groups in total. The van der Waals surface area contributed by atoms with E-state index in [1.807, 2.05) is 16.8 Å². The van der Waals surface area contributed by atoms with Gasteiger partial charge in [-0.25, -0.2) is 8.78 Å². The molecule has 4 heteroatoms. The van der Waals surface area contributed by atoms with Crippen molar-refractivity contribution in [3.05, 3.63) is 57.8 Å². The molecular weight excluding hydrogens is 230 g/mol. The maximum Gasteiger partial charge on any atom is 0.167 e. The molecule has 1 aromatic heterocycles. The SMILES string of the molecule is O=C(Cc1ccsc1)c1ccc(F)c(F)c1. The van der Waals surface area contributed by atoms with E-state index in [4.69, 9.17) is 0 Å². The van der Waals surface area contributed by atoms with Gasteiger partial charge in [-0.1, -0.05) is 0 Å². The van der Waals surface area contributed by atoms with Crippen LogP contribution in [-0.4, -0.2) is 5.78 Å². The monoisotopic (exact) mass is 238 g/mol. The zero-order valence-corrected chi connectivity index (χ0v) is 9.06. The number of hydrogen-bond donors (Lipinski definition) is 0. The zero-order chi connectivity index (χ0) is 11.5. The average Bonchev–Trinajstić information content (AvgIpc) is 2.74. The Morgan fingerprint density at radius 2 is 2.00 bits per heavy atom. The third-order valence-electron chi connectivity index (χ3n) is 2.19. The van der Waals surface area contributed by atoms with Gasteiger partial charge < -0.3 is 0 Å². The molecule has 1 aromatic carbocycles. The molecule has 2 rings (SSSR count). The van der Waals surface area contributed by atoms with Gasteiger partial charge in [0.1, 0.15) is 0 Å². The Hall–Kier alpha value is -1.55. The van der Waals surface area contributed by atoms with Gasteiger partial charge in [-0.3, -0.25) is 4.79 Å². The number of Topliss-reactive ketones (excluding diaryl/α,β-unsaturated/α-hetero) is 1. The van der Waals surface area contributed by atoms with Crippen molar-refractivity contribution in [2.75, 3.05) is 0 Å². The van der Waals surface area contributed by atoms with Crippen LogP contribution < -0.4 is 0 Å². The van der Waals surface area contributed by atoms with Gasteiger partial charge in [-0.15, -0.1) is 0 Å². The van der Waals surface area contributed by atoms with Gasteiger partial charge in [0, 0.05) is 12.0 Å². The minimum absolute atomic E-state index is 0.199. The fourth-order valence-electron chi connectivity index (χ4n) is 1.35. The maximum atomic E-state index is 12.9. The van der Waals surface area contributed by atoms with Crippen LogP contribution in [0.2, 0.25) is 0 Å². The van der Waals surface area contributed by atoms with E-state index in [0.29, 0.717) is 0 Å². The standard InChI is InChI=1S/C12H8F2OS/c13-10-2-1-9(6-11(10)14)12(15)5-8-3-4-16-7-8/h1-4,6-7H,5H2. The van der Waals surface area contributed by atoms with Gasteiger partial charge in [0.05, 0.1) is 0 Å². The number of carbonyl (C=O) groups is 1. The van der Waals surface area contributed by atoms with Crippen LogP contribution in [-0.2, 0) is 6.42 Å². The second-order valence-electron chi connectivity index (χ2n) is 3.36. The fraction of sp³-hybridized carbons (Fsp3) is 0.0833. The summed E-state index contributed by atoms with van der Waals surface area (Å²) in [4.78, 5) is 11.7. The minimum Gasteiger partial charge on any atom is -0.294 e. The molecule has 0 spiro atoms. The number of halogens is 2. The lowest BCUT2D eigenvalue weighted by Gasteiger charge is -2.00. The Morgan fingerprint density at radius 1 is 1.19 bits per heavy atom. The number of hydrogen-bond acceptors (Lipinski definition) is 2. The third-order valence-corrected chi connectivity index (χ3v) is 2.92. The van der Waals surface area contributed by atoms with Crippen molar-refractivity contribution in [2.45, 2.75) is 6.42 Å². The zero-order valence-electron chi connectivity index (χ0n) is 8.24. The Bertz CT molecular complexity index is 506. The van der Waals surface area contributed by atoms with E-state index in [1.165, 1.54) is 17.4 Å². The first kappa shape index (κ1) is 11.0. The molecule has 0 atom stereocenters. The number of ketones is 1. The van der Waals surface area contributed by atoms with Crippen LogP contribution in [0.15, 0.2) is 35.0 Å². The van der Waals surface area contributed by atoms with Crippen molar-refractivity contribution in [1.29, 1.82) is 0 Å². The number of benzene rings is 1. The minimum atomic E-state index is -0.990. The van der Waals surface area contributed by atoms with Gasteiger partial charge in [0.25, 0.3) is 0 Å². The van der Waals surface area contributed by atoms with Gasteiger partial charge >= 0.3 is 0 Å². The van der Waals surface area contributed by atoms with Crippen LogP contribution in [0.25, 0.3) is 0 Å². The number of carbonyl (C=O) groups excluding carboxylic acids is 1. The van der Waals surface area contributed by atoms with Crippen molar-refractivity contribution in [2.24, 2.45) is 0 Å². The Morgan fingerprint density at radius 3 is 2.62 bits per heavy atom. The summed E-state index contributed by atoms with van der Waals surface area (Å²) in [7, 11) is 0. The van der Waals surface area contributed by atoms with Crippen LogP contribution in [0, 0.1) is 11.6 Å². The molecule has 0 amide bonds. The van der Waals surface area contributed by atoms with E-state index in [1.54, 1.807) is 0 Å². The molecule has 0 aliphatic heterocycles. The lowest BCUT2D eigenvalue weighted by atomic mass is 10.1. The van der Waals surface area contributed by atoms with E-state index >= 15 is 0 Å². The predicted molar refractivity (Wildman–Crippen MR) is 58.7 cm³/mol. The molecular formula is C12H8F2OS. The highest BCUT2D eigenvalue weighted by atomic mass is 32.1. The van der Waals surface area contributed by atoms with Crippen LogP contribution in [0.1, 0.15) is 15.9 Å². The summed E-state index contributed by atoms with van der Waals surface area (Å²) >= 11 is 1.50. The molecule has 1 nitrogen and oxygen atoms in total. The molecule has 0 bridgehead atoms. The van der Waals surface area contributed by atoms with E-state index in [0.717, 1.165) is 17.7 Å². The van der Waals surface area contributed by atoms with Crippen LogP contribution >= 0.6 is 11.3 Å². The second kappa shape index (κ2) is 4.53. The Balaban J connectivity index is 2.18. The quantitative estimate of drug-likeness (QED) is 0.748. The highest BCUT2D eigenvalue weighted by molar-refractivity contribution is 7.08. The number of thiophene rings is 1. The Labute approximate surface area is 95.4 Å². The molecule has 16 heavy (non-hydrogen) atoms. The summed E-state index contributed by atoms with van der Waals surface area (Å²) in [6.07, 6.45) is 0.217. The first-order chi connectivity index (χ1) is 7.66. The number of rotatable bonds is 3. The predicted octanol–water partition coefficient (Wildman–Crippen LogP) is 3.45. The van der Waals surface area contributed by atoms with E-state index in [2.05, 4.69) is 0 Å². The summed E-state index contributed by atoms with van der Waals surface area (Å²) in [5.74, 6) is -2.14. The summed E-state index contributed by atoms with van der Waals surface area (Å²) in [5.41, 5.74) is 1.09. The fourth-order valence-corrected chi connectivity index (χ4v) is 2.02. The normalized spacial score (nSPS) is 10.4. The molecule has 0 saturated carbocycles. The first-order valence-corrected chi connectivity index (χ1v) is 5.60.